The first-order valence-corrected chi connectivity index (χ1v) is 11.5. The largest absolute Gasteiger partial charge is 0.370 e. The summed E-state index contributed by atoms with van der Waals surface area (Å²) in [5.41, 5.74) is 1.53. The summed E-state index contributed by atoms with van der Waals surface area (Å²) in [5.74, 6) is 3.71. The third-order valence-corrected chi connectivity index (χ3v) is 7.65. The van der Waals surface area contributed by atoms with Gasteiger partial charge in [-0.3, -0.25) is 0 Å². The van der Waals surface area contributed by atoms with Crippen molar-refractivity contribution in [2.75, 3.05) is 31.6 Å². The first-order valence-electron chi connectivity index (χ1n) is 10.7. The van der Waals surface area contributed by atoms with E-state index in [1.807, 2.05) is 11.3 Å². The lowest BCUT2D eigenvalue weighted by atomic mass is 9.89. The number of nitrogens with zero attached hydrogens (tertiary/aromatic N) is 2. The monoisotopic (exact) mass is 387 g/mol. The normalized spacial score (nSPS) is 24.7. The van der Waals surface area contributed by atoms with Crippen molar-refractivity contribution in [3.8, 4) is 0 Å². The summed E-state index contributed by atoms with van der Waals surface area (Å²) < 4.78 is 5.51. The van der Waals surface area contributed by atoms with Crippen LogP contribution in [0.25, 0.3) is 10.2 Å². The number of hydrogen-bond acceptors (Lipinski definition) is 5. The second-order valence-corrected chi connectivity index (χ2v) is 9.91. The summed E-state index contributed by atoms with van der Waals surface area (Å²) in [6.07, 6.45) is 6.38. The van der Waals surface area contributed by atoms with Crippen LogP contribution in [0.5, 0.6) is 0 Å². The summed E-state index contributed by atoms with van der Waals surface area (Å²) >= 11 is 1.92. The van der Waals surface area contributed by atoms with E-state index >= 15 is 0 Å². The van der Waals surface area contributed by atoms with Crippen molar-refractivity contribution in [3.63, 3.8) is 0 Å². The number of aromatic nitrogens is 2. The SMILES string of the molecule is C[C@@H]1CCc2c(sc3nc(C[NH+]4CCOCC4)nc(N[C@@H](C)C4CC4)c23)C1. The molecule has 1 saturated carbocycles. The quantitative estimate of drug-likeness (QED) is 0.827. The van der Waals surface area contributed by atoms with Gasteiger partial charge in [0.15, 0.2) is 5.82 Å². The van der Waals surface area contributed by atoms with Crippen molar-refractivity contribution in [2.24, 2.45) is 11.8 Å². The van der Waals surface area contributed by atoms with E-state index in [4.69, 9.17) is 14.7 Å². The number of quaternary nitrogens is 1. The Hall–Kier alpha value is -1.24. The number of hydrogen-bond donors (Lipinski definition) is 2. The Labute approximate surface area is 165 Å². The number of thiophene rings is 1. The molecule has 27 heavy (non-hydrogen) atoms. The molecule has 5 nitrogen and oxygen atoms in total. The Kier molecular flexibility index (Phi) is 4.82. The van der Waals surface area contributed by atoms with Crippen LogP contribution in [-0.4, -0.2) is 42.3 Å². The van der Waals surface area contributed by atoms with Gasteiger partial charge in [0.2, 0.25) is 0 Å². The van der Waals surface area contributed by atoms with Gasteiger partial charge in [0.05, 0.1) is 18.6 Å². The lowest BCUT2D eigenvalue weighted by Crippen LogP contribution is -3.12. The molecule has 0 radical (unpaired) electrons. The van der Waals surface area contributed by atoms with Crippen LogP contribution in [-0.2, 0) is 24.1 Å². The van der Waals surface area contributed by atoms with Gasteiger partial charge in [-0.05, 0) is 56.4 Å². The predicted octanol–water partition coefficient (Wildman–Crippen LogP) is 2.44. The Morgan fingerprint density at radius 1 is 1.22 bits per heavy atom. The van der Waals surface area contributed by atoms with Crippen LogP contribution in [0.3, 0.4) is 0 Å². The number of nitrogens with one attached hydrogen (secondary N) is 2. The lowest BCUT2D eigenvalue weighted by molar-refractivity contribution is -0.922. The van der Waals surface area contributed by atoms with Crippen LogP contribution in [0.1, 0.15) is 49.4 Å². The second-order valence-electron chi connectivity index (χ2n) is 8.83. The van der Waals surface area contributed by atoms with E-state index in [-0.39, 0.29) is 0 Å². The van der Waals surface area contributed by atoms with Crippen molar-refractivity contribution in [1.29, 1.82) is 0 Å². The lowest BCUT2D eigenvalue weighted by Gasteiger charge is -2.23. The van der Waals surface area contributed by atoms with Gasteiger partial charge in [0.25, 0.3) is 0 Å². The molecule has 6 heteroatoms. The Morgan fingerprint density at radius 2 is 2.04 bits per heavy atom. The van der Waals surface area contributed by atoms with Crippen LogP contribution < -0.4 is 10.2 Å². The molecular formula is C21H31N4OS+. The van der Waals surface area contributed by atoms with Gasteiger partial charge in [0, 0.05) is 10.9 Å². The van der Waals surface area contributed by atoms with E-state index in [9.17, 15) is 0 Å². The molecule has 0 aromatic carbocycles. The molecule has 3 aliphatic rings. The fourth-order valence-corrected chi connectivity index (χ4v) is 5.96. The third-order valence-electron chi connectivity index (χ3n) is 6.50. The maximum Gasteiger partial charge on any atom is 0.187 e. The Morgan fingerprint density at radius 3 is 2.81 bits per heavy atom. The van der Waals surface area contributed by atoms with Gasteiger partial charge in [0.1, 0.15) is 30.3 Å². The molecule has 146 valence electrons. The molecule has 0 amide bonds. The highest BCUT2D eigenvalue weighted by Gasteiger charge is 2.30. The second kappa shape index (κ2) is 7.30. The van der Waals surface area contributed by atoms with E-state index in [0.717, 1.165) is 56.3 Å². The number of ether oxygens (including phenoxy) is 1. The minimum absolute atomic E-state index is 0.504. The highest BCUT2D eigenvalue weighted by molar-refractivity contribution is 7.19. The topological polar surface area (TPSA) is 51.5 Å². The molecule has 0 spiro atoms. The Balaban J connectivity index is 1.51. The van der Waals surface area contributed by atoms with Crippen molar-refractivity contribution >= 4 is 27.4 Å². The third kappa shape index (κ3) is 3.71. The average Bonchev–Trinajstić information content (AvgIpc) is 3.44. The highest BCUT2D eigenvalue weighted by atomic mass is 32.1. The molecule has 2 atom stereocenters. The van der Waals surface area contributed by atoms with Gasteiger partial charge in [-0.1, -0.05) is 6.92 Å². The van der Waals surface area contributed by atoms with Gasteiger partial charge >= 0.3 is 0 Å². The summed E-state index contributed by atoms with van der Waals surface area (Å²) in [5, 5.41) is 5.12. The molecular weight excluding hydrogens is 356 g/mol. The van der Waals surface area contributed by atoms with E-state index in [2.05, 4.69) is 19.2 Å². The van der Waals surface area contributed by atoms with E-state index in [1.54, 1.807) is 4.88 Å². The smallest absolute Gasteiger partial charge is 0.187 e. The molecule has 5 rings (SSSR count). The van der Waals surface area contributed by atoms with Crippen LogP contribution >= 0.6 is 11.3 Å². The first kappa shape index (κ1) is 17.8. The number of rotatable bonds is 5. The first-order chi connectivity index (χ1) is 13.2. The van der Waals surface area contributed by atoms with Crippen molar-refractivity contribution in [3.05, 3.63) is 16.3 Å². The molecule has 2 aromatic rings. The van der Waals surface area contributed by atoms with Crippen LogP contribution in [0.4, 0.5) is 5.82 Å². The van der Waals surface area contributed by atoms with Gasteiger partial charge in [-0.25, -0.2) is 9.97 Å². The van der Waals surface area contributed by atoms with E-state index in [1.165, 1.54) is 52.8 Å². The van der Waals surface area contributed by atoms with Crippen molar-refractivity contribution in [2.45, 2.75) is 58.5 Å². The molecule has 2 aromatic heterocycles. The zero-order valence-corrected chi connectivity index (χ0v) is 17.3. The number of morpholine rings is 1. The molecule has 2 aliphatic carbocycles. The number of aryl methyl sites for hydroxylation is 1. The van der Waals surface area contributed by atoms with Crippen LogP contribution in [0.15, 0.2) is 0 Å². The minimum Gasteiger partial charge on any atom is -0.370 e. The standard InChI is InChI=1S/C21H30N4OS/c1-13-3-6-16-17(11-13)27-21-19(16)20(22-14(2)15-4-5-15)23-18(24-21)12-25-7-9-26-10-8-25/h13-15H,3-12H2,1-2H3,(H,22,23,24)/p+1/t13-,14+/m1/s1. The summed E-state index contributed by atoms with van der Waals surface area (Å²) in [4.78, 5) is 14.4. The zero-order valence-electron chi connectivity index (χ0n) is 16.5. The van der Waals surface area contributed by atoms with E-state index < -0.39 is 0 Å². The van der Waals surface area contributed by atoms with Gasteiger partial charge in [-0.2, -0.15) is 0 Å². The molecule has 3 heterocycles. The Bertz CT molecular complexity index is 825. The number of fused-ring (bicyclic) bond motifs is 3. The number of anilines is 1. The van der Waals surface area contributed by atoms with E-state index in [0.29, 0.717) is 6.04 Å². The maximum atomic E-state index is 5.51. The minimum atomic E-state index is 0.504. The molecule has 2 N–H and O–H groups in total. The average molecular weight is 388 g/mol. The van der Waals surface area contributed by atoms with Gasteiger partial charge < -0.3 is 15.0 Å². The molecule has 2 fully saturated rings. The maximum absolute atomic E-state index is 5.51. The predicted molar refractivity (Wildman–Crippen MR) is 110 cm³/mol. The molecule has 1 saturated heterocycles. The fourth-order valence-electron chi connectivity index (χ4n) is 4.56. The van der Waals surface area contributed by atoms with Crippen LogP contribution in [0, 0.1) is 11.8 Å². The van der Waals surface area contributed by atoms with Crippen LogP contribution in [0.2, 0.25) is 0 Å². The van der Waals surface area contributed by atoms with Crippen molar-refractivity contribution < 1.29 is 9.64 Å². The molecule has 0 bridgehead atoms. The fraction of sp³-hybridized carbons (Fsp3) is 0.714. The molecule has 0 unspecified atom stereocenters. The zero-order chi connectivity index (χ0) is 18.4. The summed E-state index contributed by atoms with van der Waals surface area (Å²) in [6, 6.07) is 0.504. The summed E-state index contributed by atoms with van der Waals surface area (Å²) in [6.45, 7) is 9.42. The van der Waals surface area contributed by atoms with Gasteiger partial charge in [-0.15, -0.1) is 11.3 Å². The highest BCUT2D eigenvalue weighted by Crippen LogP contribution is 2.41. The molecule has 1 aliphatic heterocycles. The van der Waals surface area contributed by atoms with Crippen molar-refractivity contribution in [1.82, 2.24) is 9.97 Å². The summed E-state index contributed by atoms with van der Waals surface area (Å²) in [7, 11) is 0.